The largest absolute Gasteiger partial charge is 0.392 e. The molecular weight excluding hydrogens is 294 g/mol. The number of likely N-dealkylation sites (N-methyl/N-ethyl adjacent to an activating group) is 1. The van der Waals surface area contributed by atoms with Gasteiger partial charge in [0, 0.05) is 18.8 Å². The number of nitrogens with zero attached hydrogens (tertiary/aromatic N) is 1. The van der Waals surface area contributed by atoms with Gasteiger partial charge >= 0.3 is 0 Å². The van der Waals surface area contributed by atoms with Gasteiger partial charge in [-0.3, -0.25) is 9.59 Å². The lowest BCUT2D eigenvalue weighted by molar-refractivity contribution is -0.136. The molecule has 126 valence electrons. The predicted octanol–water partition coefficient (Wildman–Crippen LogP) is 0.813. The van der Waals surface area contributed by atoms with E-state index in [2.05, 4.69) is 10.6 Å². The molecule has 1 aromatic carbocycles. The third-order valence-corrected chi connectivity index (χ3v) is 4.18. The Kier molecular flexibility index (Phi) is 5.74. The molecule has 0 saturated carbocycles. The maximum Gasteiger partial charge on any atom is 0.244 e. The van der Waals surface area contributed by atoms with Crippen LogP contribution >= 0.6 is 0 Å². The topological polar surface area (TPSA) is 81.7 Å². The number of hydrogen-bond donors (Lipinski definition) is 3. The molecular formula is C17H25N3O3. The second-order valence-corrected chi connectivity index (χ2v) is 6.02. The first kappa shape index (κ1) is 17.4. The molecule has 2 unspecified atom stereocenters. The highest BCUT2D eigenvalue weighted by molar-refractivity contribution is 5.96. The molecule has 1 aromatic rings. The van der Waals surface area contributed by atoms with Gasteiger partial charge in [0.2, 0.25) is 11.8 Å². The van der Waals surface area contributed by atoms with E-state index in [-0.39, 0.29) is 18.4 Å². The number of carbonyl (C=O) groups is 2. The Morgan fingerprint density at radius 2 is 2.00 bits per heavy atom. The standard InChI is InChI=1S/C17H25N3O3/c1-4-20(17(23)14-8-13(21)9-18-14)10-15(22)19-16-11(2)6-5-7-12(16)3/h5-7,13-14,18,21H,4,8-10H2,1-3H3,(H,19,22). The summed E-state index contributed by atoms with van der Waals surface area (Å²) in [7, 11) is 0. The van der Waals surface area contributed by atoms with Gasteiger partial charge in [0.1, 0.15) is 0 Å². The van der Waals surface area contributed by atoms with Crippen LogP contribution in [0.25, 0.3) is 0 Å². The zero-order valence-electron chi connectivity index (χ0n) is 13.9. The third-order valence-electron chi connectivity index (χ3n) is 4.18. The zero-order valence-corrected chi connectivity index (χ0v) is 13.9. The normalized spacial score (nSPS) is 20.3. The smallest absolute Gasteiger partial charge is 0.244 e. The van der Waals surface area contributed by atoms with Gasteiger partial charge in [-0.2, -0.15) is 0 Å². The van der Waals surface area contributed by atoms with Crippen LogP contribution in [-0.2, 0) is 9.59 Å². The first-order chi connectivity index (χ1) is 10.9. The molecule has 0 aliphatic carbocycles. The average Bonchev–Trinajstić information content (AvgIpc) is 2.94. The van der Waals surface area contributed by atoms with Gasteiger partial charge in [-0.15, -0.1) is 0 Å². The monoisotopic (exact) mass is 319 g/mol. The summed E-state index contributed by atoms with van der Waals surface area (Å²) in [4.78, 5) is 26.2. The van der Waals surface area contributed by atoms with Crippen molar-refractivity contribution in [3.05, 3.63) is 29.3 Å². The Bertz CT molecular complexity index is 568. The minimum Gasteiger partial charge on any atom is -0.392 e. The Hall–Kier alpha value is -1.92. The van der Waals surface area contributed by atoms with E-state index in [0.717, 1.165) is 16.8 Å². The number of benzene rings is 1. The molecule has 1 aliphatic heterocycles. The highest BCUT2D eigenvalue weighted by atomic mass is 16.3. The molecule has 1 saturated heterocycles. The van der Waals surface area contributed by atoms with Crippen LogP contribution in [0, 0.1) is 13.8 Å². The molecule has 3 N–H and O–H groups in total. The van der Waals surface area contributed by atoms with Gasteiger partial charge in [0.15, 0.2) is 0 Å². The third kappa shape index (κ3) is 4.30. The molecule has 23 heavy (non-hydrogen) atoms. The zero-order chi connectivity index (χ0) is 17.0. The van der Waals surface area contributed by atoms with E-state index in [1.807, 2.05) is 39.0 Å². The van der Waals surface area contributed by atoms with Gasteiger partial charge < -0.3 is 20.6 Å². The van der Waals surface area contributed by atoms with Crippen molar-refractivity contribution in [3.63, 3.8) is 0 Å². The SMILES string of the molecule is CCN(CC(=O)Nc1c(C)cccc1C)C(=O)C1CC(O)CN1. The fourth-order valence-corrected chi connectivity index (χ4v) is 2.84. The minimum absolute atomic E-state index is 0.0113. The van der Waals surface area contributed by atoms with Crippen molar-refractivity contribution >= 4 is 17.5 Å². The Morgan fingerprint density at radius 3 is 2.52 bits per heavy atom. The number of para-hydroxylation sites is 1. The van der Waals surface area contributed by atoms with Crippen LogP contribution < -0.4 is 10.6 Å². The van der Waals surface area contributed by atoms with Crippen LogP contribution in [0.3, 0.4) is 0 Å². The van der Waals surface area contributed by atoms with E-state index >= 15 is 0 Å². The molecule has 2 rings (SSSR count). The van der Waals surface area contributed by atoms with Crippen LogP contribution in [0.15, 0.2) is 18.2 Å². The quantitative estimate of drug-likeness (QED) is 0.750. The summed E-state index contributed by atoms with van der Waals surface area (Å²) in [5.74, 6) is -0.350. The number of β-amino-alcohol motifs (C(OH)–C–C–N with tert-alkyl or cyclic N) is 1. The number of aryl methyl sites for hydroxylation is 2. The maximum atomic E-state index is 12.4. The number of anilines is 1. The average molecular weight is 319 g/mol. The van der Waals surface area contributed by atoms with Crippen molar-refractivity contribution in [2.24, 2.45) is 0 Å². The van der Waals surface area contributed by atoms with Gasteiger partial charge in [-0.05, 0) is 38.3 Å². The molecule has 0 radical (unpaired) electrons. The number of aliphatic hydroxyl groups is 1. The molecule has 0 bridgehead atoms. The Labute approximate surface area is 136 Å². The van der Waals surface area contributed by atoms with Crippen LogP contribution in [0.2, 0.25) is 0 Å². The van der Waals surface area contributed by atoms with Crippen molar-refractivity contribution in [1.82, 2.24) is 10.2 Å². The lowest BCUT2D eigenvalue weighted by Crippen LogP contribution is -2.46. The Morgan fingerprint density at radius 1 is 1.35 bits per heavy atom. The van der Waals surface area contributed by atoms with Crippen molar-refractivity contribution in [3.8, 4) is 0 Å². The molecule has 1 heterocycles. The molecule has 1 fully saturated rings. The number of hydrogen-bond acceptors (Lipinski definition) is 4. The maximum absolute atomic E-state index is 12.4. The van der Waals surface area contributed by atoms with Crippen LogP contribution in [-0.4, -0.2) is 53.6 Å². The van der Waals surface area contributed by atoms with Crippen molar-refractivity contribution in [2.45, 2.75) is 39.3 Å². The van der Waals surface area contributed by atoms with E-state index in [1.165, 1.54) is 4.90 Å². The predicted molar refractivity (Wildman–Crippen MR) is 89.2 cm³/mol. The van der Waals surface area contributed by atoms with E-state index in [4.69, 9.17) is 0 Å². The van der Waals surface area contributed by atoms with Gasteiger partial charge in [0.05, 0.1) is 18.7 Å². The second kappa shape index (κ2) is 7.57. The van der Waals surface area contributed by atoms with Gasteiger partial charge in [-0.1, -0.05) is 18.2 Å². The lowest BCUT2D eigenvalue weighted by atomic mass is 10.1. The first-order valence-corrected chi connectivity index (χ1v) is 7.98. The second-order valence-electron chi connectivity index (χ2n) is 6.02. The molecule has 1 aliphatic rings. The van der Waals surface area contributed by atoms with Gasteiger partial charge in [0.25, 0.3) is 0 Å². The minimum atomic E-state index is -0.494. The highest BCUT2D eigenvalue weighted by Gasteiger charge is 2.31. The molecule has 0 aromatic heterocycles. The summed E-state index contributed by atoms with van der Waals surface area (Å²) in [6.45, 7) is 6.60. The van der Waals surface area contributed by atoms with E-state index in [9.17, 15) is 14.7 Å². The number of carbonyl (C=O) groups excluding carboxylic acids is 2. The van der Waals surface area contributed by atoms with E-state index in [1.54, 1.807) is 0 Å². The first-order valence-electron chi connectivity index (χ1n) is 7.98. The number of nitrogens with one attached hydrogen (secondary N) is 2. The number of aliphatic hydroxyl groups excluding tert-OH is 1. The summed E-state index contributed by atoms with van der Waals surface area (Å²) in [5.41, 5.74) is 2.79. The number of amides is 2. The summed E-state index contributed by atoms with van der Waals surface area (Å²) < 4.78 is 0. The molecule has 6 heteroatoms. The van der Waals surface area contributed by atoms with Crippen molar-refractivity contribution in [2.75, 3.05) is 25.0 Å². The summed E-state index contributed by atoms with van der Waals surface area (Å²) in [6.07, 6.45) is -0.0977. The fraction of sp³-hybridized carbons (Fsp3) is 0.529. The van der Waals surface area contributed by atoms with Crippen LogP contribution in [0.5, 0.6) is 0 Å². The van der Waals surface area contributed by atoms with E-state index in [0.29, 0.717) is 19.5 Å². The molecule has 6 nitrogen and oxygen atoms in total. The highest BCUT2D eigenvalue weighted by Crippen LogP contribution is 2.19. The molecule has 2 amide bonds. The lowest BCUT2D eigenvalue weighted by Gasteiger charge is -2.24. The van der Waals surface area contributed by atoms with Crippen molar-refractivity contribution in [1.29, 1.82) is 0 Å². The fourth-order valence-electron chi connectivity index (χ4n) is 2.84. The molecule has 0 spiro atoms. The molecule has 2 atom stereocenters. The van der Waals surface area contributed by atoms with Gasteiger partial charge in [-0.25, -0.2) is 0 Å². The number of rotatable bonds is 5. The van der Waals surface area contributed by atoms with Crippen LogP contribution in [0.1, 0.15) is 24.5 Å². The van der Waals surface area contributed by atoms with E-state index < -0.39 is 12.1 Å². The summed E-state index contributed by atoms with van der Waals surface area (Å²) in [6, 6.07) is 5.42. The summed E-state index contributed by atoms with van der Waals surface area (Å²) >= 11 is 0. The Balaban J connectivity index is 1.98. The van der Waals surface area contributed by atoms with Crippen molar-refractivity contribution < 1.29 is 14.7 Å². The van der Waals surface area contributed by atoms with Crippen LogP contribution in [0.4, 0.5) is 5.69 Å². The summed E-state index contributed by atoms with van der Waals surface area (Å²) in [5, 5.41) is 15.4.